The van der Waals surface area contributed by atoms with E-state index in [4.69, 9.17) is 16.0 Å². The maximum absolute atomic E-state index is 11.4. The first kappa shape index (κ1) is 15.3. The monoisotopic (exact) mass is 329 g/mol. The van der Waals surface area contributed by atoms with Crippen molar-refractivity contribution in [2.75, 3.05) is 11.5 Å². The maximum Gasteiger partial charge on any atom is 0.313 e. The lowest BCUT2D eigenvalue weighted by Crippen LogP contribution is -2.13. The van der Waals surface area contributed by atoms with E-state index in [1.807, 2.05) is 0 Å². The summed E-state index contributed by atoms with van der Waals surface area (Å²) in [7, 11) is -3.86. The number of nitrogen functional groups attached to an aromatic ring is 1. The van der Waals surface area contributed by atoms with Gasteiger partial charge in [-0.05, 0) is 18.2 Å². The Bertz CT molecular complexity index is 786. The molecule has 1 aromatic heterocycles. The molecule has 5 N–H and O–H groups in total. The summed E-state index contributed by atoms with van der Waals surface area (Å²) in [5.74, 6) is -1.24. The van der Waals surface area contributed by atoms with Gasteiger partial charge in [0.15, 0.2) is 5.16 Å². The molecule has 9 nitrogen and oxygen atoms in total. The third kappa shape index (κ3) is 3.51. The van der Waals surface area contributed by atoms with Gasteiger partial charge in [0.1, 0.15) is 0 Å². The van der Waals surface area contributed by atoms with Gasteiger partial charge >= 0.3 is 5.97 Å². The van der Waals surface area contributed by atoms with Crippen LogP contribution in [0.1, 0.15) is 0 Å². The molecule has 1 heterocycles. The second-order valence-electron chi connectivity index (χ2n) is 3.90. The molecule has 0 aliphatic heterocycles. The number of carboxylic acids is 1. The molecular weight excluding hydrogens is 318 g/mol. The zero-order valence-electron chi connectivity index (χ0n) is 10.5. The number of carboxylic acid groups (broad SMARTS) is 1. The molecule has 2 rings (SSSR count). The number of hydrogen-bond donors (Lipinski definition) is 3. The molecule has 1 aromatic carbocycles. The minimum Gasteiger partial charge on any atom is -0.481 e. The van der Waals surface area contributed by atoms with E-state index < -0.39 is 16.0 Å². The summed E-state index contributed by atoms with van der Waals surface area (Å²) >= 11 is 0.913. The van der Waals surface area contributed by atoms with Gasteiger partial charge < -0.3 is 10.8 Å². The lowest BCUT2D eigenvalue weighted by Gasteiger charge is -2.08. The van der Waals surface area contributed by atoms with Gasteiger partial charge in [0.2, 0.25) is 16.0 Å². The van der Waals surface area contributed by atoms with Gasteiger partial charge in [0, 0.05) is 0 Å². The molecule has 0 aliphatic carbocycles. The smallest absolute Gasteiger partial charge is 0.313 e. The fourth-order valence-electron chi connectivity index (χ4n) is 1.54. The van der Waals surface area contributed by atoms with Gasteiger partial charge in [-0.15, -0.1) is 10.2 Å². The number of anilines is 1. The Morgan fingerprint density at radius 3 is 2.71 bits per heavy atom. The zero-order valence-corrected chi connectivity index (χ0v) is 12.1. The van der Waals surface area contributed by atoms with Crippen LogP contribution in [0.15, 0.2) is 34.3 Å². The third-order valence-corrected chi connectivity index (χ3v) is 4.21. The highest BCUT2D eigenvalue weighted by atomic mass is 32.2. The van der Waals surface area contributed by atoms with Crippen LogP contribution in [0.25, 0.3) is 5.69 Å². The number of benzene rings is 1. The summed E-state index contributed by atoms with van der Waals surface area (Å²) in [4.78, 5) is 10.5. The van der Waals surface area contributed by atoms with Crippen molar-refractivity contribution in [3.05, 3.63) is 24.3 Å². The highest BCUT2D eigenvalue weighted by molar-refractivity contribution is 7.99. The first-order valence-electron chi connectivity index (χ1n) is 5.48. The van der Waals surface area contributed by atoms with Crippen molar-refractivity contribution in [1.29, 1.82) is 0 Å². The van der Waals surface area contributed by atoms with Crippen LogP contribution in [0.2, 0.25) is 0 Å². The Kier molecular flexibility index (Phi) is 4.16. The number of carbonyl (C=O) groups is 1. The molecule has 21 heavy (non-hydrogen) atoms. The summed E-state index contributed by atoms with van der Waals surface area (Å²) < 4.78 is 24.1. The lowest BCUT2D eigenvalue weighted by molar-refractivity contribution is -0.133. The van der Waals surface area contributed by atoms with Crippen molar-refractivity contribution in [2.45, 2.75) is 10.1 Å². The van der Waals surface area contributed by atoms with Crippen molar-refractivity contribution in [1.82, 2.24) is 14.8 Å². The molecule has 0 saturated heterocycles. The fourth-order valence-corrected chi connectivity index (χ4v) is 2.78. The number of hydrogen-bond acceptors (Lipinski definition) is 7. The van der Waals surface area contributed by atoms with Crippen LogP contribution < -0.4 is 10.9 Å². The molecule has 11 heteroatoms. The van der Waals surface area contributed by atoms with Crippen molar-refractivity contribution in [3.63, 3.8) is 0 Å². The standard InChI is InChI=1S/C10H11N5O4S2/c11-9-13-14-10(20-5-8(16)17)15(9)6-2-1-3-7(4-6)21(12,18)19/h1-4H,5H2,(H2,11,13)(H,16,17)(H2,12,18,19). The number of thioether (sulfide) groups is 1. The molecule has 0 saturated carbocycles. The van der Waals surface area contributed by atoms with E-state index in [9.17, 15) is 13.2 Å². The number of primary sulfonamides is 1. The van der Waals surface area contributed by atoms with Gasteiger partial charge in [-0.3, -0.25) is 9.36 Å². The summed E-state index contributed by atoms with van der Waals surface area (Å²) in [5, 5.41) is 21.4. The van der Waals surface area contributed by atoms with Gasteiger partial charge in [-0.1, -0.05) is 17.8 Å². The Hall–Kier alpha value is -2.11. The van der Waals surface area contributed by atoms with E-state index in [2.05, 4.69) is 10.2 Å². The van der Waals surface area contributed by atoms with Gasteiger partial charge in [0.25, 0.3) is 0 Å². The minimum atomic E-state index is -3.86. The van der Waals surface area contributed by atoms with Crippen LogP contribution in [0.3, 0.4) is 0 Å². The van der Waals surface area contributed by atoms with Crippen molar-refractivity contribution < 1.29 is 18.3 Å². The Morgan fingerprint density at radius 1 is 1.38 bits per heavy atom. The molecular formula is C10H11N5O4S2. The lowest BCUT2D eigenvalue weighted by atomic mass is 10.3. The van der Waals surface area contributed by atoms with Crippen molar-refractivity contribution >= 4 is 33.7 Å². The van der Waals surface area contributed by atoms with E-state index in [0.717, 1.165) is 11.8 Å². The fraction of sp³-hybridized carbons (Fsp3) is 0.100. The van der Waals surface area contributed by atoms with Gasteiger partial charge in [-0.25, -0.2) is 13.6 Å². The Labute approximate surface area is 124 Å². The van der Waals surface area contributed by atoms with E-state index in [0.29, 0.717) is 5.69 Å². The highest BCUT2D eigenvalue weighted by Gasteiger charge is 2.15. The number of nitrogens with two attached hydrogens (primary N) is 2. The SMILES string of the molecule is Nc1nnc(SCC(=O)O)n1-c1cccc(S(N)(=O)=O)c1. The number of aliphatic carboxylic acids is 1. The molecule has 0 radical (unpaired) electrons. The predicted molar refractivity (Wildman–Crippen MR) is 75.5 cm³/mol. The average molecular weight is 329 g/mol. The number of nitrogens with zero attached hydrogens (tertiary/aromatic N) is 3. The second kappa shape index (κ2) is 5.71. The first-order valence-corrected chi connectivity index (χ1v) is 8.01. The zero-order chi connectivity index (χ0) is 15.6. The van der Waals surface area contributed by atoms with E-state index in [-0.39, 0.29) is 21.8 Å². The summed E-state index contributed by atoms with van der Waals surface area (Å²) in [6.45, 7) is 0. The van der Waals surface area contributed by atoms with Crippen LogP contribution in [0.5, 0.6) is 0 Å². The maximum atomic E-state index is 11.4. The van der Waals surface area contributed by atoms with E-state index >= 15 is 0 Å². The Morgan fingerprint density at radius 2 is 2.10 bits per heavy atom. The summed E-state index contributed by atoms with van der Waals surface area (Å²) in [6.07, 6.45) is 0. The molecule has 2 aromatic rings. The highest BCUT2D eigenvalue weighted by Crippen LogP contribution is 2.24. The molecule has 0 amide bonds. The number of rotatable bonds is 5. The molecule has 0 atom stereocenters. The largest absolute Gasteiger partial charge is 0.481 e. The van der Waals surface area contributed by atoms with Crippen LogP contribution >= 0.6 is 11.8 Å². The van der Waals surface area contributed by atoms with Gasteiger partial charge in [0.05, 0.1) is 16.3 Å². The third-order valence-electron chi connectivity index (χ3n) is 2.39. The Balaban J connectivity index is 2.47. The molecule has 0 bridgehead atoms. The van der Waals surface area contributed by atoms with Crippen molar-refractivity contribution in [2.24, 2.45) is 5.14 Å². The number of aromatic nitrogens is 3. The molecule has 112 valence electrons. The van der Waals surface area contributed by atoms with Crippen LogP contribution in [0, 0.1) is 0 Å². The first-order chi connectivity index (χ1) is 9.79. The molecule has 0 fully saturated rings. The van der Waals surface area contributed by atoms with Crippen LogP contribution in [0.4, 0.5) is 5.95 Å². The quantitative estimate of drug-likeness (QED) is 0.630. The van der Waals surface area contributed by atoms with Crippen LogP contribution in [-0.4, -0.2) is 40.0 Å². The minimum absolute atomic E-state index is 0.00876. The second-order valence-corrected chi connectivity index (χ2v) is 6.40. The van der Waals surface area contributed by atoms with E-state index in [1.54, 1.807) is 6.07 Å². The summed E-state index contributed by atoms with van der Waals surface area (Å²) in [6, 6.07) is 5.71. The molecule has 0 unspecified atom stereocenters. The van der Waals surface area contributed by atoms with Gasteiger partial charge in [-0.2, -0.15) is 0 Å². The normalized spacial score (nSPS) is 11.5. The average Bonchev–Trinajstić information content (AvgIpc) is 2.76. The predicted octanol–water partition coefficient (Wildman–Crippen LogP) is -0.326. The van der Waals surface area contributed by atoms with E-state index in [1.165, 1.54) is 22.8 Å². The van der Waals surface area contributed by atoms with Crippen LogP contribution in [-0.2, 0) is 14.8 Å². The number of sulfonamides is 1. The molecule has 0 spiro atoms. The molecule has 0 aliphatic rings. The topological polar surface area (TPSA) is 154 Å². The summed E-state index contributed by atoms with van der Waals surface area (Å²) in [5.41, 5.74) is 6.06. The van der Waals surface area contributed by atoms with Crippen molar-refractivity contribution in [3.8, 4) is 5.69 Å².